The summed E-state index contributed by atoms with van der Waals surface area (Å²) in [6, 6.07) is 14.5. The SMILES string of the molecule is CC(C)(C)c1ccc(S(=O)(=O)NCCn2[se]c3ccccc3c2=O)cc1. The summed E-state index contributed by atoms with van der Waals surface area (Å²) in [6.07, 6.45) is 0. The van der Waals surface area contributed by atoms with Gasteiger partial charge in [-0.1, -0.05) is 0 Å². The van der Waals surface area contributed by atoms with Gasteiger partial charge in [0.05, 0.1) is 0 Å². The van der Waals surface area contributed by atoms with Crippen LogP contribution < -0.4 is 10.3 Å². The second-order valence-corrected chi connectivity index (χ2v) is 11.2. The third kappa shape index (κ3) is 4.01. The van der Waals surface area contributed by atoms with Crippen molar-refractivity contribution in [3.8, 4) is 0 Å². The summed E-state index contributed by atoms with van der Waals surface area (Å²) in [4.78, 5) is 12.6. The van der Waals surface area contributed by atoms with E-state index < -0.39 is 10.0 Å². The van der Waals surface area contributed by atoms with Gasteiger partial charge in [0.25, 0.3) is 0 Å². The predicted octanol–water partition coefficient (Wildman–Crippen LogP) is 2.33. The summed E-state index contributed by atoms with van der Waals surface area (Å²) < 4.78 is 30.3. The molecule has 0 unspecified atom stereocenters. The molecule has 0 saturated carbocycles. The van der Waals surface area contributed by atoms with Gasteiger partial charge in [-0.05, 0) is 0 Å². The van der Waals surface area contributed by atoms with E-state index in [1.165, 1.54) is 0 Å². The average molecular weight is 437 g/mol. The number of nitrogens with one attached hydrogen (secondary N) is 1. The molecule has 0 aliphatic heterocycles. The molecule has 2 aromatic carbocycles. The van der Waals surface area contributed by atoms with E-state index >= 15 is 0 Å². The van der Waals surface area contributed by atoms with Crippen LogP contribution >= 0.6 is 0 Å². The van der Waals surface area contributed by atoms with Crippen LogP contribution in [0, 0.1) is 0 Å². The molecule has 1 N–H and O–H groups in total. The fraction of sp³-hybridized carbons (Fsp3) is 0.316. The number of hydrogen-bond acceptors (Lipinski definition) is 3. The first kappa shape index (κ1) is 19.1. The van der Waals surface area contributed by atoms with Crippen LogP contribution in [-0.2, 0) is 22.0 Å². The third-order valence-electron chi connectivity index (χ3n) is 4.19. The van der Waals surface area contributed by atoms with Gasteiger partial charge in [-0.3, -0.25) is 0 Å². The van der Waals surface area contributed by atoms with E-state index in [0.717, 1.165) is 15.2 Å². The van der Waals surface area contributed by atoms with E-state index in [-0.39, 0.29) is 37.1 Å². The van der Waals surface area contributed by atoms with Gasteiger partial charge in [-0.2, -0.15) is 0 Å². The first-order valence-corrected chi connectivity index (χ1v) is 11.5. The summed E-state index contributed by atoms with van der Waals surface area (Å²) >= 11 is -0.0898. The van der Waals surface area contributed by atoms with Crippen LogP contribution in [0.4, 0.5) is 0 Å². The fourth-order valence-corrected chi connectivity index (χ4v) is 5.77. The van der Waals surface area contributed by atoms with Gasteiger partial charge < -0.3 is 0 Å². The number of rotatable bonds is 5. The Morgan fingerprint density at radius 3 is 2.31 bits per heavy atom. The molecule has 26 heavy (non-hydrogen) atoms. The number of benzene rings is 2. The zero-order valence-electron chi connectivity index (χ0n) is 15.0. The van der Waals surface area contributed by atoms with Crippen LogP contribution in [0.5, 0.6) is 0 Å². The molecule has 5 nitrogen and oxygen atoms in total. The second kappa shape index (κ2) is 7.16. The van der Waals surface area contributed by atoms with Crippen LogP contribution in [0.25, 0.3) is 9.65 Å². The van der Waals surface area contributed by atoms with Crippen LogP contribution in [-0.4, -0.2) is 33.3 Å². The summed E-state index contributed by atoms with van der Waals surface area (Å²) in [5.41, 5.74) is 1.04. The Kier molecular flexibility index (Phi) is 5.26. The van der Waals surface area contributed by atoms with Gasteiger partial charge in [0.15, 0.2) is 0 Å². The van der Waals surface area contributed by atoms with Crippen molar-refractivity contribution < 1.29 is 8.42 Å². The van der Waals surface area contributed by atoms with E-state index in [4.69, 9.17) is 0 Å². The second-order valence-electron chi connectivity index (χ2n) is 7.17. The number of sulfonamides is 1. The minimum atomic E-state index is -3.58. The van der Waals surface area contributed by atoms with Gasteiger partial charge in [-0.25, -0.2) is 0 Å². The van der Waals surface area contributed by atoms with Gasteiger partial charge in [0.2, 0.25) is 0 Å². The number of hydrogen-bond donors (Lipinski definition) is 1. The Bertz CT molecular complexity index is 1070. The maximum absolute atomic E-state index is 12.5. The first-order chi connectivity index (χ1) is 12.2. The molecule has 3 aromatic rings. The molecular formula is C19H22N2O3SSe. The minimum absolute atomic E-state index is 0.0191. The van der Waals surface area contributed by atoms with Crippen molar-refractivity contribution in [2.45, 2.75) is 37.6 Å². The molecule has 0 spiro atoms. The van der Waals surface area contributed by atoms with Gasteiger partial charge in [-0.15, -0.1) is 0 Å². The van der Waals surface area contributed by atoms with Crippen molar-refractivity contribution in [1.82, 2.24) is 8.28 Å². The molecule has 3 rings (SSSR count). The fourth-order valence-electron chi connectivity index (χ4n) is 2.66. The maximum atomic E-state index is 12.5. The molecule has 0 saturated heterocycles. The van der Waals surface area contributed by atoms with Crippen LogP contribution in [0.3, 0.4) is 0 Å². The van der Waals surface area contributed by atoms with Crippen molar-refractivity contribution in [3.63, 3.8) is 0 Å². The molecule has 138 valence electrons. The molecule has 0 atom stereocenters. The third-order valence-corrected chi connectivity index (χ3v) is 8.02. The average Bonchev–Trinajstić information content (AvgIpc) is 2.91. The predicted molar refractivity (Wildman–Crippen MR) is 105 cm³/mol. The number of aromatic nitrogens is 1. The monoisotopic (exact) mass is 438 g/mol. The van der Waals surface area contributed by atoms with Crippen molar-refractivity contribution in [1.29, 1.82) is 0 Å². The molecule has 7 heteroatoms. The molecule has 0 fully saturated rings. The van der Waals surface area contributed by atoms with Crippen LogP contribution in [0.15, 0.2) is 58.2 Å². The molecule has 0 aliphatic carbocycles. The zero-order chi connectivity index (χ0) is 18.9. The summed E-state index contributed by atoms with van der Waals surface area (Å²) in [5, 5.41) is 0.730. The Morgan fingerprint density at radius 1 is 1.04 bits per heavy atom. The van der Waals surface area contributed by atoms with Gasteiger partial charge in [0, 0.05) is 0 Å². The van der Waals surface area contributed by atoms with E-state index in [2.05, 4.69) is 25.5 Å². The topological polar surface area (TPSA) is 68.2 Å². The molecular weight excluding hydrogens is 415 g/mol. The van der Waals surface area contributed by atoms with Crippen molar-refractivity contribution in [2.24, 2.45) is 0 Å². The Balaban J connectivity index is 1.70. The molecule has 0 aliphatic rings. The standard InChI is InChI=1S/C19H22N2O3SSe/c1-19(2,3)14-8-10-15(11-9-14)25(23,24)20-12-13-21-18(22)16-6-4-5-7-17(16)26-21/h4-11,20H,12-13H2,1-3H3. The van der Waals surface area contributed by atoms with Crippen LogP contribution in [0.1, 0.15) is 26.3 Å². The first-order valence-electron chi connectivity index (χ1n) is 8.37. The molecule has 1 heterocycles. The van der Waals surface area contributed by atoms with Crippen molar-refractivity contribution in [2.75, 3.05) is 6.54 Å². The Labute approximate surface area is 159 Å². The Hall–Kier alpha value is -1.66. The van der Waals surface area contributed by atoms with E-state index in [1.807, 2.05) is 36.4 Å². The Morgan fingerprint density at radius 2 is 1.69 bits per heavy atom. The zero-order valence-corrected chi connectivity index (χ0v) is 17.6. The van der Waals surface area contributed by atoms with Gasteiger partial charge in [0.1, 0.15) is 0 Å². The summed E-state index contributed by atoms with van der Waals surface area (Å²) in [7, 11) is -3.58. The summed E-state index contributed by atoms with van der Waals surface area (Å²) in [5.74, 6) is 0. The van der Waals surface area contributed by atoms with Crippen molar-refractivity contribution >= 4 is 34.4 Å². The van der Waals surface area contributed by atoms with Crippen LogP contribution in [0.2, 0.25) is 0 Å². The summed E-state index contributed by atoms with van der Waals surface area (Å²) in [6.45, 7) is 6.82. The van der Waals surface area contributed by atoms with Gasteiger partial charge >= 0.3 is 160 Å². The molecule has 1 aromatic heterocycles. The number of fused-ring (bicyclic) bond motifs is 1. The molecule has 0 amide bonds. The van der Waals surface area contributed by atoms with E-state index in [9.17, 15) is 13.2 Å². The van der Waals surface area contributed by atoms with Crippen molar-refractivity contribution in [3.05, 3.63) is 64.4 Å². The number of nitrogens with zero attached hydrogens (tertiary/aromatic N) is 1. The van der Waals surface area contributed by atoms with E-state index in [1.54, 1.807) is 15.7 Å². The van der Waals surface area contributed by atoms with E-state index in [0.29, 0.717) is 6.54 Å². The molecule has 0 radical (unpaired) electrons. The quantitative estimate of drug-likeness (QED) is 0.623. The normalized spacial score (nSPS) is 12.6. The molecule has 0 bridgehead atoms.